The van der Waals surface area contributed by atoms with Crippen molar-refractivity contribution in [3.8, 4) is 6.07 Å². The lowest BCUT2D eigenvalue weighted by Gasteiger charge is -2.16. The van der Waals surface area contributed by atoms with Gasteiger partial charge in [-0.25, -0.2) is 0 Å². The Labute approximate surface area is 89.8 Å². The molecule has 1 N–H and O–H groups in total. The highest BCUT2D eigenvalue weighted by atomic mass is 16.3. The first kappa shape index (κ1) is 11.2. The Hall–Kier alpha value is -1.85. The van der Waals surface area contributed by atoms with Crippen molar-refractivity contribution in [2.75, 3.05) is 0 Å². The molecule has 1 unspecified atom stereocenters. The maximum atomic E-state index is 9.92. The van der Waals surface area contributed by atoms with Gasteiger partial charge in [0.1, 0.15) is 0 Å². The van der Waals surface area contributed by atoms with Crippen molar-refractivity contribution < 1.29 is 5.11 Å². The monoisotopic (exact) mass is 199 g/mol. The van der Waals surface area contributed by atoms with Crippen LogP contribution in [0.25, 0.3) is 0 Å². The van der Waals surface area contributed by atoms with Crippen LogP contribution < -0.4 is 0 Å². The molecule has 0 aliphatic rings. The number of nitriles is 1. The highest BCUT2D eigenvalue weighted by molar-refractivity contribution is 5.33. The van der Waals surface area contributed by atoms with Gasteiger partial charge in [0.2, 0.25) is 0 Å². The predicted octanol–water partition coefficient (Wildman–Crippen LogP) is 2.58. The highest BCUT2D eigenvalue weighted by Gasteiger charge is 2.14. The SMILES string of the molecule is C=CC(C=C)C(O)c1ccc(C#N)cc1. The summed E-state index contributed by atoms with van der Waals surface area (Å²) in [4.78, 5) is 0. The van der Waals surface area contributed by atoms with E-state index in [1.165, 1.54) is 0 Å². The molecule has 0 spiro atoms. The van der Waals surface area contributed by atoms with Crippen LogP contribution in [-0.2, 0) is 0 Å². The molecule has 15 heavy (non-hydrogen) atoms. The molecule has 0 heterocycles. The van der Waals surface area contributed by atoms with Crippen LogP contribution in [0.1, 0.15) is 17.2 Å². The van der Waals surface area contributed by atoms with E-state index >= 15 is 0 Å². The molecule has 76 valence electrons. The normalized spacial score (nSPS) is 11.8. The van der Waals surface area contributed by atoms with Crippen LogP contribution in [0.5, 0.6) is 0 Å². The van der Waals surface area contributed by atoms with E-state index in [4.69, 9.17) is 5.26 Å². The predicted molar refractivity (Wildman–Crippen MR) is 60.0 cm³/mol. The smallest absolute Gasteiger partial charge is 0.0991 e. The first-order chi connectivity index (χ1) is 7.22. The summed E-state index contributed by atoms with van der Waals surface area (Å²) in [5.74, 6) is -0.169. The average Bonchev–Trinajstić information content (AvgIpc) is 2.30. The molecule has 0 bridgehead atoms. The second kappa shape index (κ2) is 5.14. The van der Waals surface area contributed by atoms with Crippen molar-refractivity contribution in [3.05, 3.63) is 60.7 Å². The van der Waals surface area contributed by atoms with Gasteiger partial charge in [-0.3, -0.25) is 0 Å². The summed E-state index contributed by atoms with van der Waals surface area (Å²) in [5, 5.41) is 18.5. The fourth-order valence-electron chi connectivity index (χ4n) is 1.33. The second-order valence-electron chi connectivity index (χ2n) is 3.23. The molecule has 2 nitrogen and oxygen atoms in total. The third-order valence-corrected chi connectivity index (χ3v) is 2.29. The van der Waals surface area contributed by atoms with Crippen molar-refractivity contribution >= 4 is 0 Å². The molecule has 0 saturated carbocycles. The Morgan fingerprint density at radius 3 is 2.13 bits per heavy atom. The topological polar surface area (TPSA) is 44.0 Å². The number of hydrogen-bond donors (Lipinski definition) is 1. The second-order valence-corrected chi connectivity index (χ2v) is 3.23. The minimum atomic E-state index is -0.646. The van der Waals surface area contributed by atoms with E-state index in [1.807, 2.05) is 6.07 Å². The van der Waals surface area contributed by atoms with Gasteiger partial charge in [-0.05, 0) is 17.7 Å². The van der Waals surface area contributed by atoms with Gasteiger partial charge < -0.3 is 5.11 Å². The molecule has 0 amide bonds. The standard InChI is InChI=1S/C13H13NO/c1-3-11(4-2)13(15)12-7-5-10(9-14)6-8-12/h3-8,11,13,15H,1-2H2. The van der Waals surface area contributed by atoms with Gasteiger partial charge >= 0.3 is 0 Å². The molecule has 1 atom stereocenters. The molecule has 0 radical (unpaired) electrons. The summed E-state index contributed by atoms with van der Waals surface area (Å²) in [7, 11) is 0. The number of aliphatic hydroxyl groups excluding tert-OH is 1. The van der Waals surface area contributed by atoms with Crippen molar-refractivity contribution in [2.24, 2.45) is 5.92 Å². The zero-order valence-electron chi connectivity index (χ0n) is 8.43. The molecule has 0 aliphatic carbocycles. The van der Waals surface area contributed by atoms with Crippen molar-refractivity contribution in [3.63, 3.8) is 0 Å². The van der Waals surface area contributed by atoms with Crippen LogP contribution in [0, 0.1) is 17.2 Å². The molecule has 0 aliphatic heterocycles. The van der Waals surface area contributed by atoms with Gasteiger partial charge in [0, 0.05) is 5.92 Å². The van der Waals surface area contributed by atoms with Gasteiger partial charge in [0.25, 0.3) is 0 Å². The minimum Gasteiger partial charge on any atom is -0.387 e. The van der Waals surface area contributed by atoms with E-state index in [0.29, 0.717) is 5.56 Å². The number of rotatable bonds is 4. The average molecular weight is 199 g/mol. The Morgan fingerprint density at radius 1 is 1.20 bits per heavy atom. The third kappa shape index (κ3) is 2.55. The van der Waals surface area contributed by atoms with Gasteiger partial charge in [-0.1, -0.05) is 24.3 Å². The molecule has 1 aromatic carbocycles. The quantitative estimate of drug-likeness (QED) is 0.757. The fourth-order valence-corrected chi connectivity index (χ4v) is 1.33. The Balaban J connectivity index is 2.91. The van der Waals surface area contributed by atoms with Gasteiger partial charge in [-0.15, -0.1) is 13.2 Å². The molecular weight excluding hydrogens is 186 g/mol. The van der Waals surface area contributed by atoms with Gasteiger partial charge in [-0.2, -0.15) is 5.26 Å². The van der Waals surface area contributed by atoms with Crippen LogP contribution >= 0.6 is 0 Å². The lowest BCUT2D eigenvalue weighted by atomic mass is 9.95. The number of hydrogen-bond acceptors (Lipinski definition) is 2. The maximum absolute atomic E-state index is 9.92. The first-order valence-electron chi connectivity index (χ1n) is 4.66. The van der Waals surface area contributed by atoms with E-state index in [1.54, 1.807) is 36.4 Å². The molecule has 0 saturated heterocycles. The van der Waals surface area contributed by atoms with Crippen molar-refractivity contribution in [2.45, 2.75) is 6.10 Å². The summed E-state index contributed by atoms with van der Waals surface area (Å²) in [6.45, 7) is 7.26. The summed E-state index contributed by atoms with van der Waals surface area (Å²) in [6.07, 6.45) is 2.65. The lowest BCUT2D eigenvalue weighted by molar-refractivity contribution is 0.151. The summed E-state index contributed by atoms with van der Waals surface area (Å²) in [6, 6.07) is 8.87. The highest BCUT2D eigenvalue weighted by Crippen LogP contribution is 2.23. The van der Waals surface area contributed by atoms with Crippen LogP contribution in [0.15, 0.2) is 49.6 Å². The van der Waals surface area contributed by atoms with Crippen LogP contribution in [-0.4, -0.2) is 5.11 Å². The molecule has 1 aromatic rings. The number of benzene rings is 1. The molecule has 0 fully saturated rings. The molecular formula is C13H13NO. The van der Waals surface area contributed by atoms with E-state index < -0.39 is 6.10 Å². The summed E-state index contributed by atoms with van der Waals surface area (Å²) in [5.41, 5.74) is 1.35. The van der Waals surface area contributed by atoms with Gasteiger partial charge in [0.05, 0.1) is 17.7 Å². The van der Waals surface area contributed by atoms with Crippen molar-refractivity contribution in [1.82, 2.24) is 0 Å². The minimum absolute atomic E-state index is 0.169. The third-order valence-electron chi connectivity index (χ3n) is 2.29. The first-order valence-corrected chi connectivity index (χ1v) is 4.66. The maximum Gasteiger partial charge on any atom is 0.0991 e. The van der Waals surface area contributed by atoms with Crippen LogP contribution in [0.4, 0.5) is 0 Å². The zero-order valence-corrected chi connectivity index (χ0v) is 8.43. The Kier molecular flexibility index (Phi) is 3.84. The number of nitrogens with zero attached hydrogens (tertiary/aromatic N) is 1. The molecule has 2 heteroatoms. The van der Waals surface area contributed by atoms with E-state index in [0.717, 1.165) is 5.56 Å². The summed E-state index contributed by atoms with van der Waals surface area (Å²) < 4.78 is 0. The van der Waals surface area contributed by atoms with E-state index in [2.05, 4.69) is 13.2 Å². The largest absolute Gasteiger partial charge is 0.387 e. The van der Waals surface area contributed by atoms with E-state index in [9.17, 15) is 5.11 Å². The Bertz CT molecular complexity index is 378. The van der Waals surface area contributed by atoms with Crippen LogP contribution in [0.3, 0.4) is 0 Å². The lowest BCUT2D eigenvalue weighted by Crippen LogP contribution is -2.07. The fraction of sp³-hybridized carbons (Fsp3) is 0.154. The zero-order chi connectivity index (χ0) is 11.3. The molecule has 0 aromatic heterocycles. The molecule has 1 rings (SSSR count). The summed E-state index contributed by atoms with van der Waals surface area (Å²) >= 11 is 0. The van der Waals surface area contributed by atoms with E-state index in [-0.39, 0.29) is 5.92 Å². The number of aliphatic hydroxyl groups is 1. The Morgan fingerprint density at radius 2 is 1.73 bits per heavy atom. The van der Waals surface area contributed by atoms with Gasteiger partial charge in [0.15, 0.2) is 0 Å². The van der Waals surface area contributed by atoms with Crippen LogP contribution in [0.2, 0.25) is 0 Å². The van der Waals surface area contributed by atoms with Crippen molar-refractivity contribution in [1.29, 1.82) is 5.26 Å².